The molecule has 0 saturated carbocycles. The molecule has 0 atom stereocenters. The molecule has 0 rings (SSSR count). The van der Waals surface area contributed by atoms with Crippen LogP contribution in [-0.2, 0) is 13.3 Å². The Balaban J connectivity index is 4.50. The first-order valence-electron chi connectivity index (χ1n) is 10.3. The maximum atomic E-state index is 6.27. The summed E-state index contributed by atoms with van der Waals surface area (Å²) >= 11 is 0. The summed E-state index contributed by atoms with van der Waals surface area (Å²) in [5, 5.41) is 0. The molecule has 0 heterocycles. The molecule has 0 fully saturated rings. The van der Waals surface area contributed by atoms with E-state index in [1.165, 1.54) is 19.3 Å². The minimum absolute atomic E-state index is 0.775. The normalized spacial score (nSPS) is 11.8. The van der Waals surface area contributed by atoms with Gasteiger partial charge in [-0.2, -0.15) is 0 Å². The average molecular weight is 359 g/mol. The van der Waals surface area contributed by atoms with E-state index in [1.807, 2.05) is 6.08 Å². The summed E-state index contributed by atoms with van der Waals surface area (Å²) in [5.41, 5.74) is 0. The van der Waals surface area contributed by atoms with Gasteiger partial charge in [0.2, 0.25) is 0 Å². The highest BCUT2D eigenvalue weighted by Crippen LogP contribution is 2.22. The molecule has 0 aliphatic heterocycles. The van der Waals surface area contributed by atoms with E-state index in [9.17, 15) is 0 Å². The largest absolute Gasteiger partial charge is 0.500 e. The monoisotopic (exact) mass is 358 g/mol. The Bertz CT molecular complexity index is 245. The van der Waals surface area contributed by atoms with E-state index in [2.05, 4.69) is 27.4 Å². The Morgan fingerprint density at radius 3 is 1.54 bits per heavy atom. The molecule has 144 valence electrons. The predicted octanol–water partition coefficient (Wildman–Crippen LogP) is 6.51. The van der Waals surface area contributed by atoms with E-state index in [-0.39, 0.29) is 0 Å². The quantitative estimate of drug-likeness (QED) is 0.150. The lowest BCUT2D eigenvalue weighted by molar-refractivity contribution is 0.0557. The lowest BCUT2D eigenvalue weighted by Gasteiger charge is -2.30. The summed E-state index contributed by atoms with van der Waals surface area (Å²) in [7, 11) is -2.50. The lowest BCUT2D eigenvalue weighted by Crippen LogP contribution is -2.46. The summed E-state index contributed by atoms with van der Waals surface area (Å²) < 4.78 is 18.8. The van der Waals surface area contributed by atoms with Crippen LogP contribution in [0.4, 0.5) is 0 Å². The first-order valence-corrected chi connectivity index (χ1v) is 12.2. The molecular weight excluding hydrogens is 316 g/mol. The van der Waals surface area contributed by atoms with Crippen molar-refractivity contribution in [3.05, 3.63) is 12.7 Å². The number of unbranched alkanes of at least 4 members (excludes halogenated alkanes) is 7. The SMILES string of the molecule is C=CCCCCCC[Si](OCCCC)(OCCCC)OCCCC. The zero-order chi connectivity index (χ0) is 17.9. The van der Waals surface area contributed by atoms with Crippen LogP contribution in [0.3, 0.4) is 0 Å². The number of rotatable bonds is 19. The molecule has 0 aliphatic rings. The molecule has 0 aliphatic carbocycles. The van der Waals surface area contributed by atoms with Gasteiger partial charge in [-0.05, 0) is 38.5 Å². The molecule has 0 amide bonds. The van der Waals surface area contributed by atoms with E-state index in [1.54, 1.807) is 0 Å². The van der Waals surface area contributed by atoms with Gasteiger partial charge in [-0.1, -0.05) is 59.0 Å². The topological polar surface area (TPSA) is 27.7 Å². The fraction of sp³-hybridized carbons (Fsp3) is 0.900. The van der Waals surface area contributed by atoms with Crippen LogP contribution < -0.4 is 0 Å². The van der Waals surface area contributed by atoms with Gasteiger partial charge in [0, 0.05) is 25.9 Å². The Hall–Kier alpha value is -0.163. The molecule has 0 unspecified atom stereocenters. The van der Waals surface area contributed by atoms with Gasteiger partial charge in [0.15, 0.2) is 0 Å². The summed E-state index contributed by atoms with van der Waals surface area (Å²) in [5.74, 6) is 0. The smallest absolute Gasteiger partial charge is 0.373 e. The van der Waals surface area contributed by atoms with Crippen LogP contribution in [0, 0.1) is 0 Å². The Morgan fingerprint density at radius 1 is 0.667 bits per heavy atom. The molecule has 24 heavy (non-hydrogen) atoms. The highest BCUT2D eigenvalue weighted by atomic mass is 28.4. The van der Waals surface area contributed by atoms with Gasteiger partial charge in [0.1, 0.15) is 0 Å². The molecule has 0 N–H and O–H groups in total. The highest BCUT2D eigenvalue weighted by Gasteiger charge is 2.40. The van der Waals surface area contributed by atoms with Crippen LogP contribution >= 0.6 is 0 Å². The highest BCUT2D eigenvalue weighted by molar-refractivity contribution is 6.60. The van der Waals surface area contributed by atoms with Gasteiger partial charge in [-0.3, -0.25) is 0 Å². The molecule has 3 nitrogen and oxygen atoms in total. The maximum absolute atomic E-state index is 6.27. The van der Waals surface area contributed by atoms with Crippen LogP contribution in [0.15, 0.2) is 12.7 Å². The van der Waals surface area contributed by atoms with E-state index in [4.69, 9.17) is 13.3 Å². The van der Waals surface area contributed by atoms with Crippen LogP contribution in [0.2, 0.25) is 6.04 Å². The van der Waals surface area contributed by atoms with Crippen molar-refractivity contribution < 1.29 is 13.3 Å². The first kappa shape index (κ1) is 23.8. The third-order valence-corrected chi connectivity index (χ3v) is 7.00. The molecule has 0 spiro atoms. The van der Waals surface area contributed by atoms with Crippen molar-refractivity contribution in [2.75, 3.05) is 19.8 Å². The molecule has 0 bridgehead atoms. The van der Waals surface area contributed by atoms with Crippen molar-refractivity contribution in [3.63, 3.8) is 0 Å². The van der Waals surface area contributed by atoms with Crippen molar-refractivity contribution in [1.29, 1.82) is 0 Å². The molecule has 0 aromatic heterocycles. The second kappa shape index (κ2) is 17.7. The zero-order valence-electron chi connectivity index (χ0n) is 16.6. The van der Waals surface area contributed by atoms with Crippen molar-refractivity contribution in [2.24, 2.45) is 0 Å². The van der Waals surface area contributed by atoms with Crippen molar-refractivity contribution in [1.82, 2.24) is 0 Å². The maximum Gasteiger partial charge on any atom is 0.500 e. The van der Waals surface area contributed by atoms with Crippen LogP contribution in [0.1, 0.15) is 91.4 Å². The number of hydrogen-bond acceptors (Lipinski definition) is 3. The molecule has 0 aromatic carbocycles. The van der Waals surface area contributed by atoms with Crippen LogP contribution in [0.25, 0.3) is 0 Å². The second-order valence-corrected chi connectivity index (χ2v) is 9.26. The van der Waals surface area contributed by atoms with E-state index >= 15 is 0 Å². The number of allylic oxidation sites excluding steroid dienone is 1. The fourth-order valence-electron chi connectivity index (χ4n) is 2.44. The van der Waals surface area contributed by atoms with E-state index < -0.39 is 8.80 Å². The van der Waals surface area contributed by atoms with Gasteiger partial charge in [0.25, 0.3) is 0 Å². The Labute approximate surface area is 152 Å². The lowest BCUT2D eigenvalue weighted by atomic mass is 10.1. The standard InChI is InChI=1S/C20H42O3Si/c1-5-9-13-14-15-16-20-24(21-17-10-6-2,22-18-11-7-3)23-19-12-8-4/h5H,1,6-20H2,2-4H3. The van der Waals surface area contributed by atoms with Gasteiger partial charge in [-0.25, -0.2) is 0 Å². The minimum atomic E-state index is -2.50. The van der Waals surface area contributed by atoms with E-state index in [0.717, 1.165) is 77.2 Å². The van der Waals surface area contributed by atoms with Crippen molar-refractivity contribution >= 4 is 8.80 Å². The van der Waals surface area contributed by atoms with Crippen LogP contribution in [-0.4, -0.2) is 28.6 Å². The predicted molar refractivity (Wildman–Crippen MR) is 106 cm³/mol. The Morgan fingerprint density at radius 2 is 1.12 bits per heavy atom. The third kappa shape index (κ3) is 13.2. The van der Waals surface area contributed by atoms with E-state index in [0.29, 0.717) is 0 Å². The molecule has 0 aromatic rings. The zero-order valence-corrected chi connectivity index (χ0v) is 17.6. The van der Waals surface area contributed by atoms with Gasteiger partial charge in [-0.15, -0.1) is 6.58 Å². The second-order valence-electron chi connectivity index (χ2n) is 6.53. The first-order chi connectivity index (χ1) is 11.7. The van der Waals surface area contributed by atoms with Crippen molar-refractivity contribution in [3.8, 4) is 0 Å². The summed E-state index contributed by atoms with van der Waals surface area (Å²) in [6, 6.07) is 0.970. The summed E-state index contributed by atoms with van der Waals surface area (Å²) in [6.45, 7) is 12.7. The van der Waals surface area contributed by atoms with Gasteiger partial charge < -0.3 is 13.3 Å². The third-order valence-electron chi connectivity index (χ3n) is 4.10. The number of hydrogen-bond donors (Lipinski definition) is 0. The van der Waals surface area contributed by atoms with Crippen LogP contribution in [0.5, 0.6) is 0 Å². The minimum Gasteiger partial charge on any atom is -0.373 e. The molecular formula is C20H42O3Si. The van der Waals surface area contributed by atoms with Gasteiger partial charge >= 0.3 is 8.80 Å². The van der Waals surface area contributed by atoms with Crippen molar-refractivity contribution in [2.45, 2.75) is 97.4 Å². The summed E-state index contributed by atoms with van der Waals surface area (Å²) in [6.07, 6.45) is 14.7. The Kier molecular flexibility index (Phi) is 17.5. The molecule has 4 heteroatoms. The fourth-order valence-corrected chi connectivity index (χ4v) is 5.17. The van der Waals surface area contributed by atoms with Gasteiger partial charge in [0.05, 0.1) is 0 Å². The summed E-state index contributed by atoms with van der Waals surface area (Å²) in [4.78, 5) is 0. The average Bonchev–Trinajstić information content (AvgIpc) is 2.58. The molecule has 0 radical (unpaired) electrons. The molecule has 0 saturated heterocycles.